The molecule has 0 bridgehead atoms. The number of hydrogen-bond donors (Lipinski definition) is 2. The molecule has 0 atom stereocenters. The Hall–Kier alpha value is -3.22. The molecule has 1 saturated carbocycles. The van der Waals surface area contributed by atoms with Gasteiger partial charge >= 0.3 is 0 Å². The van der Waals surface area contributed by atoms with Gasteiger partial charge in [-0.25, -0.2) is 4.39 Å². The van der Waals surface area contributed by atoms with Crippen molar-refractivity contribution in [2.24, 2.45) is 5.73 Å². The Bertz CT molecular complexity index is 985. The number of benzene rings is 1. The Labute approximate surface area is 142 Å². The van der Waals surface area contributed by atoms with Gasteiger partial charge in [-0.1, -0.05) is 12.1 Å². The largest absolute Gasteiger partial charge is 0.364 e. The first-order valence-electron chi connectivity index (χ1n) is 7.91. The Balaban J connectivity index is 1.74. The van der Waals surface area contributed by atoms with Gasteiger partial charge in [-0.3, -0.25) is 19.3 Å². The quantitative estimate of drug-likeness (QED) is 0.700. The van der Waals surface area contributed by atoms with Crippen LogP contribution in [0.25, 0.3) is 5.82 Å². The van der Waals surface area contributed by atoms with E-state index in [1.807, 2.05) is 6.07 Å². The molecule has 6 nitrogen and oxygen atoms in total. The highest BCUT2D eigenvalue weighted by Gasteiger charge is 2.26. The van der Waals surface area contributed by atoms with Crippen LogP contribution in [-0.4, -0.2) is 26.5 Å². The molecule has 0 saturated heterocycles. The van der Waals surface area contributed by atoms with Crippen molar-refractivity contribution in [3.05, 3.63) is 70.9 Å². The van der Waals surface area contributed by atoms with Gasteiger partial charge in [0.15, 0.2) is 11.6 Å². The van der Waals surface area contributed by atoms with E-state index in [0.29, 0.717) is 11.7 Å². The zero-order valence-electron chi connectivity index (χ0n) is 13.2. The number of hydrogen-bond acceptors (Lipinski definition) is 3. The minimum absolute atomic E-state index is 0.147. The first-order valence-corrected chi connectivity index (χ1v) is 7.91. The van der Waals surface area contributed by atoms with Gasteiger partial charge in [-0.2, -0.15) is 5.10 Å². The summed E-state index contributed by atoms with van der Waals surface area (Å²) in [5.74, 6) is -0.592. The molecular formula is C18H15FN4O2. The van der Waals surface area contributed by atoms with E-state index in [2.05, 4.69) is 10.2 Å². The van der Waals surface area contributed by atoms with Crippen molar-refractivity contribution < 1.29 is 14.0 Å². The van der Waals surface area contributed by atoms with Crippen LogP contribution in [0, 0.1) is 5.82 Å². The Morgan fingerprint density at radius 1 is 1.20 bits per heavy atom. The van der Waals surface area contributed by atoms with E-state index in [0.717, 1.165) is 24.6 Å². The van der Waals surface area contributed by atoms with Crippen molar-refractivity contribution in [1.82, 2.24) is 14.8 Å². The topological polar surface area (TPSA) is 93.8 Å². The van der Waals surface area contributed by atoms with Crippen LogP contribution in [0.15, 0.2) is 42.6 Å². The smallest absolute Gasteiger partial charge is 0.265 e. The fraction of sp³-hybridized carbons (Fsp3) is 0.167. The van der Waals surface area contributed by atoms with E-state index in [1.54, 1.807) is 0 Å². The highest BCUT2D eigenvalue weighted by Crippen LogP contribution is 2.39. The second-order valence-corrected chi connectivity index (χ2v) is 6.14. The van der Waals surface area contributed by atoms with Crippen LogP contribution >= 0.6 is 0 Å². The third-order valence-electron chi connectivity index (χ3n) is 4.27. The average molecular weight is 338 g/mol. The molecule has 126 valence electrons. The molecule has 0 radical (unpaired) electrons. The van der Waals surface area contributed by atoms with Gasteiger partial charge in [-0.15, -0.1) is 0 Å². The maximum atomic E-state index is 13.4. The van der Waals surface area contributed by atoms with Crippen LogP contribution in [0.3, 0.4) is 0 Å². The Morgan fingerprint density at radius 2 is 2.00 bits per heavy atom. The lowest BCUT2D eigenvalue weighted by atomic mass is 10.1. The number of carbonyl (C=O) groups is 2. The van der Waals surface area contributed by atoms with Crippen LogP contribution in [-0.2, 0) is 0 Å². The first-order chi connectivity index (χ1) is 12.0. The van der Waals surface area contributed by atoms with E-state index < -0.39 is 17.5 Å². The maximum absolute atomic E-state index is 13.4. The third-order valence-corrected chi connectivity index (χ3v) is 4.27. The zero-order chi connectivity index (χ0) is 17.6. The summed E-state index contributed by atoms with van der Waals surface area (Å²) in [7, 11) is 0. The van der Waals surface area contributed by atoms with Crippen molar-refractivity contribution in [2.75, 3.05) is 0 Å². The number of rotatable bonds is 5. The molecule has 1 fully saturated rings. The number of nitrogens with two attached hydrogens (primary N) is 1. The van der Waals surface area contributed by atoms with Crippen molar-refractivity contribution >= 4 is 11.7 Å². The normalized spacial score (nSPS) is 13.8. The number of amides is 1. The van der Waals surface area contributed by atoms with Gasteiger partial charge in [0.05, 0.1) is 0 Å². The number of halogens is 1. The third kappa shape index (κ3) is 2.84. The predicted octanol–water partition coefficient (Wildman–Crippen LogP) is 2.55. The number of aromatic amines is 1. The number of nitrogens with one attached hydrogen (secondary N) is 1. The van der Waals surface area contributed by atoms with E-state index in [4.69, 9.17) is 5.73 Å². The molecule has 0 aliphatic heterocycles. The summed E-state index contributed by atoms with van der Waals surface area (Å²) < 4.78 is 14.8. The standard InChI is InChI=1S/C18H15FN4O2/c19-13-3-1-2-11(6-13)17(24)12-7-15(18(20)25)23(9-12)16-8-14(21-22-16)10-4-5-10/h1-3,6-10H,4-5H2,(H2,20,25)(H,21,22). The van der Waals surface area contributed by atoms with Crippen LogP contribution in [0.2, 0.25) is 0 Å². The summed E-state index contributed by atoms with van der Waals surface area (Å²) in [5, 5.41) is 7.16. The molecule has 0 unspecified atom stereocenters. The van der Waals surface area contributed by atoms with Crippen LogP contribution in [0.4, 0.5) is 4.39 Å². The number of nitrogens with zero attached hydrogens (tertiary/aromatic N) is 2. The summed E-state index contributed by atoms with van der Waals surface area (Å²) >= 11 is 0. The fourth-order valence-electron chi connectivity index (χ4n) is 2.82. The summed E-state index contributed by atoms with van der Waals surface area (Å²) in [6.07, 6.45) is 3.72. The van der Waals surface area contributed by atoms with E-state index in [9.17, 15) is 14.0 Å². The molecule has 4 rings (SSSR count). The maximum Gasteiger partial charge on any atom is 0.265 e. The monoisotopic (exact) mass is 338 g/mol. The number of ketones is 1. The van der Waals surface area contributed by atoms with Gasteiger partial charge in [-0.05, 0) is 31.0 Å². The van der Waals surface area contributed by atoms with Crippen LogP contribution in [0.5, 0.6) is 0 Å². The van der Waals surface area contributed by atoms with Crippen molar-refractivity contribution in [1.29, 1.82) is 0 Å². The lowest BCUT2D eigenvalue weighted by molar-refractivity contribution is 0.0993. The average Bonchev–Trinajstić information content (AvgIpc) is 3.15. The number of H-pyrrole nitrogens is 1. The highest BCUT2D eigenvalue weighted by molar-refractivity contribution is 6.10. The molecule has 7 heteroatoms. The molecule has 2 aromatic heterocycles. The van der Waals surface area contributed by atoms with Crippen molar-refractivity contribution in [3.63, 3.8) is 0 Å². The fourth-order valence-corrected chi connectivity index (χ4v) is 2.82. The zero-order valence-corrected chi connectivity index (χ0v) is 13.2. The van der Waals surface area contributed by atoms with Gasteiger partial charge in [0.1, 0.15) is 11.5 Å². The second kappa shape index (κ2) is 5.70. The Morgan fingerprint density at radius 3 is 2.68 bits per heavy atom. The van der Waals surface area contributed by atoms with Gasteiger partial charge in [0.25, 0.3) is 5.91 Å². The molecule has 3 N–H and O–H groups in total. The summed E-state index contributed by atoms with van der Waals surface area (Å²) in [6, 6.07) is 8.65. The number of carbonyl (C=O) groups excluding carboxylic acids is 2. The SMILES string of the molecule is NC(=O)c1cc(C(=O)c2cccc(F)c2)cn1-c1cc(C2CC2)[nH]n1. The van der Waals surface area contributed by atoms with E-state index in [1.165, 1.54) is 35.0 Å². The van der Waals surface area contributed by atoms with Crippen molar-refractivity contribution in [3.8, 4) is 5.82 Å². The molecular weight excluding hydrogens is 323 g/mol. The summed E-state index contributed by atoms with van der Waals surface area (Å²) in [5.41, 5.74) is 7.03. The molecule has 1 amide bonds. The Kier molecular flexibility index (Phi) is 3.49. The van der Waals surface area contributed by atoms with E-state index >= 15 is 0 Å². The predicted molar refractivity (Wildman–Crippen MR) is 88.2 cm³/mol. The molecule has 2 heterocycles. The van der Waals surface area contributed by atoms with Crippen LogP contribution in [0.1, 0.15) is 50.9 Å². The van der Waals surface area contributed by atoms with Crippen molar-refractivity contribution in [2.45, 2.75) is 18.8 Å². The summed E-state index contributed by atoms with van der Waals surface area (Å²) in [4.78, 5) is 24.3. The molecule has 1 aliphatic carbocycles. The van der Waals surface area contributed by atoms with Gasteiger partial charge in [0, 0.05) is 35.0 Å². The molecule has 0 spiro atoms. The minimum Gasteiger partial charge on any atom is -0.364 e. The lowest BCUT2D eigenvalue weighted by Crippen LogP contribution is -2.15. The first kappa shape index (κ1) is 15.3. The lowest BCUT2D eigenvalue weighted by Gasteiger charge is -2.01. The molecule has 1 aromatic carbocycles. The summed E-state index contributed by atoms with van der Waals surface area (Å²) in [6.45, 7) is 0. The highest BCUT2D eigenvalue weighted by atomic mass is 19.1. The van der Waals surface area contributed by atoms with Crippen LogP contribution < -0.4 is 5.73 Å². The molecule has 1 aliphatic rings. The van der Waals surface area contributed by atoms with Gasteiger partial charge < -0.3 is 5.73 Å². The molecule has 3 aromatic rings. The number of aromatic nitrogens is 3. The van der Waals surface area contributed by atoms with Gasteiger partial charge in [0.2, 0.25) is 0 Å². The molecule has 25 heavy (non-hydrogen) atoms. The minimum atomic E-state index is -0.672. The second-order valence-electron chi connectivity index (χ2n) is 6.14. The number of primary amides is 1. The van der Waals surface area contributed by atoms with E-state index in [-0.39, 0.29) is 16.8 Å².